The SMILES string of the molecule is CCCCCCCCCC(Oc1ccc(C(C)CC)cc1)Oc1c(F)c(F)c(C)c(F)c1F. The Balaban J connectivity index is 2.14. The van der Waals surface area contributed by atoms with Gasteiger partial charge in [-0.2, -0.15) is 8.78 Å². The van der Waals surface area contributed by atoms with Gasteiger partial charge in [0, 0.05) is 12.0 Å². The van der Waals surface area contributed by atoms with Gasteiger partial charge in [0.15, 0.2) is 11.6 Å². The van der Waals surface area contributed by atoms with Crippen LogP contribution in [0, 0.1) is 30.2 Å². The number of hydrogen-bond donors (Lipinski definition) is 0. The van der Waals surface area contributed by atoms with E-state index < -0.39 is 40.9 Å². The molecule has 2 nitrogen and oxygen atoms in total. The first-order valence-corrected chi connectivity index (χ1v) is 12.1. The molecule has 0 aliphatic carbocycles. The van der Waals surface area contributed by atoms with Crippen LogP contribution in [0.1, 0.15) is 95.6 Å². The van der Waals surface area contributed by atoms with Crippen molar-refractivity contribution < 1.29 is 27.0 Å². The van der Waals surface area contributed by atoms with Gasteiger partial charge in [0.1, 0.15) is 5.75 Å². The molecule has 0 aliphatic rings. The smallest absolute Gasteiger partial charge is 0.241 e. The summed E-state index contributed by atoms with van der Waals surface area (Å²) >= 11 is 0. The van der Waals surface area contributed by atoms with Crippen molar-refractivity contribution in [3.63, 3.8) is 0 Å². The minimum Gasteiger partial charge on any atom is -0.455 e. The van der Waals surface area contributed by atoms with Crippen molar-refractivity contribution in [3.05, 3.63) is 58.7 Å². The highest BCUT2D eigenvalue weighted by Crippen LogP contribution is 2.32. The van der Waals surface area contributed by atoms with Gasteiger partial charge in [-0.3, -0.25) is 0 Å². The van der Waals surface area contributed by atoms with Gasteiger partial charge in [-0.15, -0.1) is 0 Å². The molecule has 33 heavy (non-hydrogen) atoms. The summed E-state index contributed by atoms with van der Waals surface area (Å²) in [4.78, 5) is 0. The summed E-state index contributed by atoms with van der Waals surface area (Å²) in [7, 11) is 0. The van der Waals surface area contributed by atoms with Crippen LogP contribution in [0.5, 0.6) is 11.5 Å². The zero-order valence-electron chi connectivity index (χ0n) is 20.2. The van der Waals surface area contributed by atoms with Crippen LogP contribution in [0.3, 0.4) is 0 Å². The quantitative estimate of drug-likeness (QED) is 0.119. The third kappa shape index (κ3) is 7.65. The van der Waals surface area contributed by atoms with E-state index in [2.05, 4.69) is 20.8 Å². The third-order valence-corrected chi connectivity index (χ3v) is 6.06. The van der Waals surface area contributed by atoms with E-state index in [1.165, 1.54) is 19.3 Å². The molecule has 2 unspecified atom stereocenters. The van der Waals surface area contributed by atoms with E-state index in [1.54, 1.807) is 12.1 Å². The van der Waals surface area contributed by atoms with Crippen LogP contribution in [0.4, 0.5) is 17.6 Å². The van der Waals surface area contributed by atoms with Gasteiger partial charge >= 0.3 is 0 Å². The zero-order chi connectivity index (χ0) is 24.4. The van der Waals surface area contributed by atoms with Gasteiger partial charge in [-0.25, -0.2) is 8.78 Å². The topological polar surface area (TPSA) is 18.5 Å². The summed E-state index contributed by atoms with van der Waals surface area (Å²) in [6, 6.07) is 7.40. The fourth-order valence-electron chi connectivity index (χ4n) is 3.63. The lowest BCUT2D eigenvalue weighted by Gasteiger charge is -2.22. The number of rotatable bonds is 14. The second kappa shape index (κ2) is 13.5. The van der Waals surface area contributed by atoms with Crippen LogP contribution >= 0.6 is 0 Å². The standard InChI is InChI=1S/C27H36F4O2/c1-5-7-8-9-10-11-12-13-22(32-21-16-14-20(15-17-21)18(3)6-2)33-27-25(30)23(28)19(4)24(29)26(27)31/h14-18,22H,5-13H2,1-4H3. The first-order chi connectivity index (χ1) is 15.8. The zero-order valence-corrected chi connectivity index (χ0v) is 20.2. The number of ether oxygens (including phenoxy) is 2. The molecule has 0 N–H and O–H groups in total. The molecule has 0 aliphatic heterocycles. The first-order valence-electron chi connectivity index (χ1n) is 12.1. The summed E-state index contributed by atoms with van der Waals surface area (Å²) in [5.74, 6) is -6.25. The average molecular weight is 469 g/mol. The van der Waals surface area contributed by atoms with Crippen molar-refractivity contribution in [2.45, 2.75) is 97.7 Å². The Labute approximate surface area is 195 Å². The molecule has 2 rings (SSSR count). The van der Waals surface area contributed by atoms with Crippen LogP contribution in [0.25, 0.3) is 0 Å². The Bertz CT molecular complexity index is 838. The fourth-order valence-corrected chi connectivity index (χ4v) is 3.63. The van der Waals surface area contributed by atoms with Crippen molar-refractivity contribution >= 4 is 0 Å². The molecular weight excluding hydrogens is 432 g/mol. The first kappa shape index (κ1) is 27.0. The van der Waals surface area contributed by atoms with Gasteiger partial charge in [0.2, 0.25) is 23.7 Å². The Morgan fingerprint density at radius 2 is 1.27 bits per heavy atom. The summed E-state index contributed by atoms with van der Waals surface area (Å²) < 4.78 is 68.0. The van der Waals surface area contributed by atoms with E-state index in [0.29, 0.717) is 24.5 Å². The maximum absolute atomic E-state index is 14.4. The predicted molar refractivity (Wildman–Crippen MR) is 124 cm³/mol. The number of halogens is 4. The molecule has 0 fully saturated rings. The molecule has 0 amide bonds. The molecule has 0 spiro atoms. The van der Waals surface area contributed by atoms with Crippen molar-refractivity contribution in [2.75, 3.05) is 0 Å². The normalized spacial score (nSPS) is 13.1. The van der Waals surface area contributed by atoms with Crippen molar-refractivity contribution in [1.29, 1.82) is 0 Å². The van der Waals surface area contributed by atoms with E-state index in [-0.39, 0.29) is 0 Å². The fraction of sp³-hybridized carbons (Fsp3) is 0.556. The molecule has 184 valence electrons. The van der Waals surface area contributed by atoms with Crippen molar-refractivity contribution in [3.8, 4) is 11.5 Å². The summed E-state index contributed by atoms with van der Waals surface area (Å²) in [5, 5.41) is 0. The Morgan fingerprint density at radius 3 is 1.82 bits per heavy atom. The molecule has 0 saturated carbocycles. The Kier molecular flexibility index (Phi) is 11.0. The highest BCUT2D eigenvalue weighted by molar-refractivity contribution is 5.34. The summed E-state index contributed by atoms with van der Waals surface area (Å²) in [5.41, 5.74) is 0.427. The van der Waals surface area contributed by atoms with E-state index in [0.717, 1.165) is 38.2 Å². The molecule has 0 aromatic heterocycles. The summed E-state index contributed by atoms with van der Waals surface area (Å²) in [6.45, 7) is 7.36. The lowest BCUT2D eigenvalue weighted by atomic mass is 9.99. The summed E-state index contributed by atoms with van der Waals surface area (Å²) in [6.07, 6.45) is 7.54. The van der Waals surface area contributed by atoms with Crippen molar-refractivity contribution in [1.82, 2.24) is 0 Å². The molecule has 6 heteroatoms. The van der Waals surface area contributed by atoms with Crippen LogP contribution in [0.2, 0.25) is 0 Å². The van der Waals surface area contributed by atoms with Crippen LogP contribution < -0.4 is 9.47 Å². The number of hydrogen-bond acceptors (Lipinski definition) is 2. The average Bonchev–Trinajstić information content (AvgIpc) is 2.83. The largest absolute Gasteiger partial charge is 0.455 e. The predicted octanol–water partition coefficient (Wildman–Crippen LogP) is 8.99. The molecule has 0 heterocycles. The molecular formula is C27H36F4O2. The van der Waals surface area contributed by atoms with Gasteiger partial charge in [-0.05, 0) is 43.4 Å². The van der Waals surface area contributed by atoms with E-state index >= 15 is 0 Å². The second-order valence-corrected chi connectivity index (χ2v) is 8.66. The molecule has 0 radical (unpaired) electrons. The van der Waals surface area contributed by atoms with E-state index in [9.17, 15) is 17.6 Å². The van der Waals surface area contributed by atoms with E-state index in [1.807, 2.05) is 12.1 Å². The highest BCUT2D eigenvalue weighted by atomic mass is 19.2. The number of benzene rings is 2. The maximum Gasteiger partial charge on any atom is 0.241 e. The lowest BCUT2D eigenvalue weighted by molar-refractivity contribution is -0.00905. The highest BCUT2D eigenvalue weighted by Gasteiger charge is 2.27. The number of unbranched alkanes of at least 4 members (excludes halogenated alkanes) is 6. The van der Waals surface area contributed by atoms with Gasteiger partial charge in [0.25, 0.3) is 0 Å². The molecule has 0 bridgehead atoms. The molecule has 2 aromatic rings. The Hall–Kier alpha value is -2.24. The van der Waals surface area contributed by atoms with Crippen LogP contribution in [-0.4, -0.2) is 6.29 Å². The third-order valence-electron chi connectivity index (χ3n) is 6.06. The maximum atomic E-state index is 14.4. The minimum absolute atomic E-state index is 0.330. The molecule has 2 atom stereocenters. The van der Waals surface area contributed by atoms with Crippen molar-refractivity contribution in [2.24, 2.45) is 0 Å². The Morgan fingerprint density at radius 1 is 0.727 bits per heavy atom. The van der Waals surface area contributed by atoms with E-state index in [4.69, 9.17) is 9.47 Å². The monoisotopic (exact) mass is 468 g/mol. The lowest BCUT2D eigenvalue weighted by Crippen LogP contribution is -2.25. The van der Waals surface area contributed by atoms with Gasteiger partial charge in [-0.1, -0.05) is 71.4 Å². The van der Waals surface area contributed by atoms with Crippen LogP contribution in [0.15, 0.2) is 24.3 Å². The second-order valence-electron chi connectivity index (χ2n) is 8.66. The molecule has 0 saturated heterocycles. The van der Waals surface area contributed by atoms with Gasteiger partial charge < -0.3 is 9.47 Å². The van der Waals surface area contributed by atoms with Gasteiger partial charge in [0.05, 0.1) is 0 Å². The molecule has 2 aromatic carbocycles. The minimum atomic E-state index is -1.55. The van der Waals surface area contributed by atoms with Crippen LogP contribution in [-0.2, 0) is 0 Å².